The van der Waals surface area contributed by atoms with E-state index in [9.17, 15) is 4.79 Å². The van der Waals surface area contributed by atoms with Crippen LogP contribution in [0.15, 0.2) is 42.5 Å². The predicted octanol–water partition coefficient (Wildman–Crippen LogP) is 2.35. The third-order valence-corrected chi connectivity index (χ3v) is 5.46. The number of hydrogen-bond donors (Lipinski definition) is 2. The highest BCUT2D eigenvalue weighted by molar-refractivity contribution is 5.81. The zero-order valence-electron chi connectivity index (χ0n) is 14.7. The largest absolute Gasteiger partial charge is 0.351 e. The topological polar surface area (TPSA) is 44.4 Å². The first-order valence-corrected chi connectivity index (χ1v) is 9.10. The first-order chi connectivity index (χ1) is 12.2. The molecular formula is C21H25N3O. The predicted molar refractivity (Wildman–Crippen MR) is 98.9 cm³/mol. The lowest BCUT2D eigenvalue weighted by Crippen LogP contribution is -2.46. The molecule has 25 heavy (non-hydrogen) atoms. The Morgan fingerprint density at radius 2 is 1.92 bits per heavy atom. The summed E-state index contributed by atoms with van der Waals surface area (Å²) in [5.41, 5.74) is 6.66. The number of benzene rings is 2. The lowest BCUT2D eigenvalue weighted by atomic mass is 9.98. The van der Waals surface area contributed by atoms with Crippen molar-refractivity contribution in [2.24, 2.45) is 0 Å². The molecule has 0 saturated carbocycles. The van der Waals surface area contributed by atoms with Gasteiger partial charge in [0, 0.05) is 32.7 Å². The highest BCUT2D eigenvalue weighted by Gasteiger charge is 2.25. The van der Waals surface area contributed by atoms with Gasteiger partial charge < -0.3 is 10.6 Å². The number of carbonyl (C=O) groups excluding carboxylic acids is 1. The van der Waals surface area contributed by atoms with Crippen LogP contribution in [0.3, 0.4) is 0 Å². The van der Waals surface area contributed by atoms with Gasteiger partial charge in [-0.15, -0.1) is 0 Å². The zero-order chi connectivity index (χ0) is 17.2. The number of amides is 1. The normalized spacial score (nSPS) is 17.6. The van der Waals surface area contributed by atoms with Crippen LogP contribution in [0.2, 0.25) is 0 Å². The molecule has 0 saturated heterocycles. The van der Waals surface area contributed by atoms with Gasteiger partial charge in [-0.2, -0.15) is 0 Å². The maximum absolute atomic E-state index is 12.6. The summed E-state index contributed by atoms with van der Waals surface area (Å²) >= 11 is 0. The van der Waals surface area contributed by atoms with Crippen molar-refractivity contribution >= 4 is 5.91 Å². The lowest BCUT2D eigenvalue weighted by molar-refractivity contribution is -0.126. The van der Waals surface area contributed by atoms with Crippen LogP contribution >= 0.6 is 0 Å². The molecule has 2 aromatic rings. The van der Waals surface area contributed by atoms with Crippen molar-refractivity contribution in [2.45, 2.75) is 45.6 Å². The van der Waals surface area contributed by atoms with Gasteiger partial charge in [-0.25, -0.2) is 0 Å². The van der Waals surface area contributed by atoms with Crippen LogP contribution in [0.4, 0.5) is 0 Å². The Kier molecular flexibility index (Phi) is 4.55. The van der Waals surface area contributed by atoms with E-state index in [2.05, 4.69) is 58.0 Å². The Labute approximate surface area is 149 Å². The zero-order valence-corrected chi connectivity index (χ0v) is 14.7. The van der Waals surface area contributed by atoms with Crippen molar-refractivity contribution < 1.29 is 4.79 Å². The summed E-state index contributed by atoms with van der Waals surface area (Å²) in [7, 11) is 0. The van der Waals surface area contributed by atoms with Crippen LogP contribution in [-0.4, -0.2) is 23.4 Å². The van der Waals surface area contributed by atoms with E-state index < -0.39 is 0 Å². The highest BCUT2D eigenvalue weighted by Crippen LogP contribution is 2.20. The van der Waals surface area contributed by atoms with Crippen molar-refractivity contribution in [1.29, 1.82) is 0 Å². The molecule has 1 amide bonds. The molecule has 130 valence electrons. The van der Waals surface area contributed by atoms with Gasteiger partial charge >= 0.3 is 0 Å². The molecule has 0 aliphatic carbocycles. The van der Waals surface area contributed by atoms with E-state index in [1.807, 2.05) is 6.92 Å². The van der Waals surface area contributed by atoms with Crippen LogP contribution in [-0.2, 0) is 37.4 Å². The fourth-order valence-corrected chi connectivity index (χ4v) is 3.81. The first kappa shape index (κ1) is 16.3. The molecule has 2 N–H and O–H groups in total. The van der Waals surface area contributed by atoms with Gasteiger partial charge in [0.25, 0.3) is 0 Å². The minimum absolute atomic E-state index is 0.107. The molecule has 1 atom stereocenters. The fourth-order valence-electron chi connectivity index (χ4n) is 3.81. The van der Waals surface area contributed by atoms with Crippen molar-refractivity contribution in [3.05, 3.63) is 70.3 Å². The van der Waals surface area contributed by atoms with Crippen molar-refractivity contribution in [2.75, 3.05) is 6.54 Å². The Morgan fingerprint density at radius 3 is 2.80 bits per heavy atom. The Balaban J connectivity index is 1.35. The van der Waals surface area contributed by atoms with Crippen LogP contribution < -0.4 is 10.6 Å². The van der Waals surface area contributed by atoms with E-state index in [0.717, 1.165) is 32.6 Å². The molecule has 4 rings (SSSR count). The van der Waals surface area contributed by atoms with Crippen LogP contribution in [0.5, 0.6) is 0 Å². The van der Waals surface area contributed by atoms with Gasteiger partial charge in [0.05, 0.1) is 6.04 Å². The Morgan fingerprint density at radius 1 is 1.12 bits per heavy atom. The van der Waals surface area contributed by atoms with E-state index in [1.54, 1.807) is 0 Å². The summed E-state index contributed by atoms with van der Waals surface area (Å²) in [6.07, 6.45) is 1.02. The Hall–Kier alpha value is -2.17. The smallest absolute Gasteiger partial charge is 0.237 e. The molecule has 0 radical (unpaired) electrons. The summed E-state index contributed by atoms with van der Waals surface area (Å²) < 4.78 is 0. The average Bonchev–Trinajstić information content (AvgIpc) is 3.13. The molecular weight excluding hydrogens is 310 g/mol. The number of nitrogens with zero attached hydrogens (tertiary/aromatic N) is 1. The lowest BCUT2D eigenvalue weighted by Gasteiger charge is -2.32. The highest BCUT2D eigenvalue weighted by atomic mass is 16.2. The van der Waals surface area contributed by atoms with Crippen LogP contribution in [0, 0.1) is 0 Å². The van der Waals surface area contributed by atoms with Gasteiger partial charge in [-0.05, 0) is 41.2 Å². The molecule has 0 aromatic heterocycles. The number of carbonyl (C=O) groups is 1. The molecule has 0 bridgehead atoms. The Bertz CT molecular complexity index is 786. The standard InChI is InChI=1S/C21H25N3O/c1-15(24-9-8-17-4-2-3-5-19(17)14-24)21(25)23-11-16-6-7-18-12-22-13-20(18)10-16/h2-7,10,15,22H,8-9,11-14H2,1H3,(H,23,25). The average molecular weight is 335 g/mol. The summed E-state index contributed by atoms with van der Waals surface area (Å²) in [6.45, 7) is 6.29. The second-order valence-electron chi connectivity index (χ2n) is 7.09. The van der Waals surface area contributed by atoms with Gasteiger partial charge in [-0.1, -0.05) is 42.5 Å². The number of nitrogens with one attached hydrogen (secondary N) is 2. The minimum Gasteiger partial charge on any atom is -0.351 e. The van der Waals surface area contributed by atoms with E-state index in [-0.39, 0.29) is 11.9 Å². The van der Waals surface area contributed by atoms with Crippen LogP contribution in [0.25, 0.3) is 0 Å². The van der Waals surface area contributed by atoms with Crippen molar-refractivity contribution in [3.8, 4) is 0 Å². The number of fused-ring (bicyclic) bond motifs is 2. The molecule has 2 heterocycles. The minimum atomic E-state index is -0.107. The quantitative estimate of drug-likeness (QED) is 0.901. The van der Waals surface area contributed by atoms with E-state index in [4.69, 9.17) is 0 Å². The molecule has 0 fully saturated rings. The van der Waals surface area contributed by atoms with Crippen LogP contribution in [0.1, 0.15) is 34.7 Å². The monoisotopic (exact) mass is 335 g/mol. The summed E-state index contributed by atoms with van der Waals surface area (Å²) in [6, 6.07) is 14.9. The molecule has 0 spiro atoms. The summed E-state index contributed by atoms with van der Waals surface area (Å²) in [5.74, 6) is 0.109. The second-order valence-corrected chi connectivity index (χ2v) is 7.09. The molecule has 4 nitrogen and oxygen atoms in total. The maximum atomic E-state index is 12.6. The van der Waals surface area contributed by atoms with Crippen molar-refractivity contribution in [1.82, 2.24) is 15.5 Å². The number of hydrogen-bond acceptors (Lipinski definition) is 3. The van der Waals surface area contributed by atoms with Crippen molar-refractivity contribution in [3.63, 3.8) is 0 Å². The first-order valence-electron chi connectivity index (χ1n) is 9.10. The third-order valence-electron chi connectivity index (χ3n) is 5.46. The van der Waals surface area contributed by atoms with Gasteiger partial charge in [-0.3, -0.25) is 9.69 Å². The van der Waals surface area contributed by atoms with Gasteiger partial charge in [0.2, 0.25) is 5.91 Å². The molecule has 2 aromatic carbocycles. The fraction of sp³-hybridized carbons (Fsp3) is 0.381. The summed E-state index contributed by atoms with van der Waals surface area (Å²) in [5, 5.41) is 6.47. The second kappa shape index (κ2) is 6.98. The van der Waals surface area contributed by atoms with E-state index in [0.29, 0.717) is 6.54 Å². The molecule has 4 heteroatoms. The molecule has 1 unspecified atom stereocenters. The van der Waals surface area contributed by atoms with Gasteiger partial charge in [0.1, 0.15) is 0 Å². The summed E-state index contributed by atoms with van der Waals surface area (Å²) in [4.78, 5) is 14.9. The van der Waals surface area contributed by atoms with E-state index in [1.165, 1.54) is 27.8 Å². The third kappa shape index (κ3) is 3.46. The van der Waals surface area contributed by atoms with Gasteiger partial charge in [0.15, 0.2) is 0 Å². The number of rotatable bonds is 4. The molecule has 2 aliphatic rings. The van der Waals surface area contributed by atoms with E-state index >= 15 is 0 Å². The molecule has 2 aliphatic heterocycles. The maximum Gasteiger partial charge on any atom is 0.237 e. The SMILES string of the molecule is CC(C(=O)NCc1ccc2c(c1)CNC2)N1CCc2ccccc2C1.